The Morgan fingerprint density at radius 3 is 2.24 bits per heavy atom. The largest absolute Gasteiger partial charge is 0.445 e. The first kappa shape index (κ1) is 16.7. The van der Waals surface area contributed by atoms with Gasteiger partial charge in [-0.1, -0.05) is 60.7 Å². The molecule has 0 spiro atoms. The molecule has 0 amide bonds. The molecule has 4 heteroatoms. The first-order valence-corrected chi connectivity index (χ1v) is 8.07. The van der Waals surface area contributed by atoms with Gasteiger partial charge < -0.3 is 9.53 Å². The minimum Gasteiger partial charge on any atom is -0.445 e. The van der Waals surface area contributed by atoms with Crippen molar-refractivity contribution >= 4 is 17.3 Å². The van der Waals surface area contributed by atoms with E-state index in [-0.39, 0.29) is 17.8 Å². The van der Waals surface area contributed by atoms with Crippen LogP contribution in [-0.4, -0.2) is 11.8 Å². The number of ketones is 1. The van der Waals surface area contributed by atoms with Gasteiger partial charge in [0.15, 0.2) is 5.60 Å². The molecule has 1 atom stereocenters. The van der Waals surface area contributed by atoms with Gasteiger partial charge in [-0.2, -0.15) is 5.26 Å². The lowest BCUT2D eigenvalue weighted by Gasteiger charge is -2.31. The third kappa shape index (κ3) is 2.97. The zero-order valence-electron chi connectivity index (χ0n) is 13.9. The lowest BCUT2D eigenvalue weighted by Crippen LogP contribution is -2.29. The van der Waals surface area contributed by atoms with Gasteiger partial charge >= 0.3 is 5.97 Å². The highest BCUT2D eigenvalue weighted by atomic mass is 16.6. The van der Waals surface area contributed by atoms with E-state index in [1.807, 2.05) is 66.7 Å². The van der Waals surface area contributed by atoms with Crippen LogP contribution in [0.3, 0.4) is 0 Å². The number of rotatable bonds is 5. The van der Waals surface area contributed by atoms with Crippen LogP contribution in [0.1, 0.15) is 30.9 Å². The minimum atomic E-state index is -1.13. The zero-order valence-corrected chi connectivity index (χ0v) is 13.9. The summed E-state index contributed by atoms with van der Waals surface area (Å²) in [5.41, 5.74) is 0.911. The Morgan fingerprint density at radius 2 is 1.68 bits per heavy atom. The molecule has 2 aromatic rings. The summed E-state index contributed by atoms with van der Waals surface area (Å²) < 4.78 is 5.77. The quantitative estimate of drug-likeness (QED) is 0.782. The van der Waals surface area contributed by atoms with Gasteiger partial charge in [-0.15, -0.1) is 0 Å². The number of nitrogens with zero attached hydrogens (tertiary/aromatic N) is 1. The van der Waals surface area contributed by atoms with Crippen molar-refractivity contribution < 1.29 is 14.3 Å². The van der Waals surface area contributed by atoms with Crippen LogP contribution in [0.5, 0.6) is 0 Å². The average Bonchev–Trinajstić information content (AvgIpc) is 2.94. The highest BCUT2D eigenvalue weighted by Gasteiger charge is 2.49. The van der Waals surface area contributed by atoms with E-state index in [1.165, 1.54) is 6.92 Å². The van der Waals surface area contributed by atoms with E-state index in [0.717, 1.165) is 11.1 Å². The number of ether oxygens (including phenoxy) is 1. The second-order valence-corrected chi connectivity index (χ2v) is 6.01. The third-order valence-electron chi connectivity index (χ3n) is 4.37. The summed E-state index contributed by atoms with van der Waals surface area (Å²) in [5, 5.41) is 9.55. The molecule has 3 rings (SSSR count). The van der Waals surface area contributed by atoms with Crippen LogP contribution in [-0.2, 0) is 19.9 Å². The van der Waals surface area contributed by atoms with Crippen molar-refractivity contribution in [3.63, 3.8) is 0 Å². The SMILES string of the molecule is CC(=O)CC[C@]1(c2ccccc2)OC(=O)C(C#N)=C1c1ccccc1. The van der Waals surface area contributed by atoms with Gasteiger partial charge in [0, 0.05) is 24.0 Å². The molecule has 0 fully saturated rings. The van der Waals surface area contributed by atoms with Gasteiger partial charge in [0.25, 0.3) is 0 Å². The van der Waals surface area contributed by atoms with Crippen LogP contribution in [0.15, 0.2) is 66.2 Å². The fourth-order valence-electron chi connectivity index (χ4n) is 3.23. The lowest BCUT2D eigenvalue weighted by molar-refractivity contribution is -0.147. The number of hydrogen-bond acceptors (Lipinski definition) is 4. The van der Waals surface area contributed by atoms with Crippen molar-refractivity contribution in [2.24, 2.45) is 0 Å². The highest BCUT2D eigenvalue weighted by Crippen LogP contribution is 2.49. The maximum absolute atomic E-state index is 12.4. The van der Waals surface area contributed by atoms with Crippen molar-refractivity contribution in [3.05, 3.63) is 77.4 Å². The number of Topliss-reactive ketones (excluding diaryl/α,β-unsaturated/α-hetero) is 1. The van der Waals surface area contributed by atoms with E-state index in [4.69, 9.17) is 4.74 Å². The molecule has 0 saturated heterocycles. The maximum Gasteiger partial charge on any atom is 0.350 e. The predicted molar refractivity (Wildman–Crippen MR) is 93.1 cm³/mol. The van der Waals surface area contributed by atoms with E-state index in [2.05, 4.69) is 0 Å². The number of carbonyl (C=O) groups is 2. The molecule has 0 unspecified atom stereocenters. The van der Waals surface area contributed by atoms with E-state index < -0.39 is 11.6 Å². The molecule has 0 bridgehead atoms. The Bertz CT molecular complexity index is 878. The number of esters is 1. The topological polar surface area (TPSA) is 67.2 Å². The molecule has 0 N–H and O–H groups in total. The van der Waals surface area contributed by atoms with Crippen molar-refractivity contribution in [2.45, 2.75) is 25.4 Å². The normalized spacial score (nSPS) is 19.4. The van der Waals surface area contributed by atoms with Crippen LogP contribution in [0.2, 0.25) is 0 Å². The van der Waals surface area contributed by atoms with Crippen LogP contribution >= 0.6 is 0 Å². The minimum absolute atomic E-state index is 0.00129. The number of hydrogen-bond donors (Lipinski definition) is 0. The predicted octanol–water partition coefficient (Wildman–Crippen LogP) is 3.79. The molecule has 0 saturated carbocycles. The van der Waals surface area contributed by atoms with Gasteiger partial charge in [-0.3, -0.25) is 0 Å². The summed E-state index contributed by atoms with van der Waals surface area (Å²) in [6.07, 6.45) is 0.546. The molecule has 1 heterocycles. The molecule has 1 aliphatic heterocycles. The van der Waals surface area contributed by atoms with Gasteiger partial charge in [0.1, 0.15) is 17.4 Å². The third-order valence-corrected chi connectivity index (χ3v) is 4.37. The first-order chi connectivity index (χ1) is 12.1. The smallest absolute Gasteiger partial charge is 0.350 e. The molecule has 25 heavy (non-hydrogen) atoms. The Balaban J connectivity index is 2.26. The van der Waals surface area contributed by atoms with Crippen LogP contribution in [0.25, 0.3) is 5.57 Å². The van der Waals surface area contributed by atoms with Crippen molar-refractivity contribution in [3.8, 4) is 6.07 Å². The van der Waals surface area contributed by atoms with Crippen LogP contribution in [0, 0.1) is 11.3 Å². The van der Waals surface area contributed by atoms with Crippen molar-refractivity contribution in [1.82, 2.24) is 0 Å². The lowest BCUT2D eigenvalue weighted by atomic mass is 9.78. The number of nitriles is 1. The summed E-state index contributed by atoms with van der Waals surface area (Å²) in [6.45, 7) is 1.51. The fraction of sp³-hybridized carbons (Fsp3) is 0.190. The Labute approximate surface area is 146 Å². The van der Waals surface area contributed by atoms with E-state index >= 15 is 0 Å². The molecule has 0 aromatic heterocycles. The summed E-state index contributed by atoms with van der Waals surface area (Å²) in [6, 6.07) is 20.5. The second-order valence-electron chi connectivity index (χ2n) is 6.01. The summed E-state index contributed by atoms with van der Waals surface area (Å²) in [4.78, 5) is 24.1. The molecular weight excluding hydrogens is 314 g/mol. The first-order valence-electron chi connectivity index (χ1n) is 8.07. The standard InChI is InChI=1S/C21H17NO3/c1-15(23)12-13-21(17-10-6-3-7-11-17)19(16-8-4-2-5-9-16)18(14-22)20(24)25-21/h2-11H,12-13H2,1H3/t21-/m1/s1. The summed E-state index contributed by atoms with van der Waals surface area (Å²) >= 11 is 0. The molecule has 0 aliphatic carbocycles. The monoisotopic (exact) mass is 331 g/mol. The molecule has 2 aromatic carbocycles. The molecule has 124 valence electrons. The Kier molecular flexibility index (Phi) is 4.49. The van der Waals surface area contributed by atoms with E-state index in [1.54, 1.807) is 0 Å². The van der Waals surface area contributed by atoms with Gasteiger partial charge in [0.2, 0.25) is 0 Å². The zero-order chi connectivity index (χ0) is 17.9. The Hall–Kier alpha value is -3.19. The fourth-order valence-corrected chi connectivity index (χ4v) is 3.23. The second kappa shape index (κ2) is 6.74. The molecule has 0 radical (unpaired) electrons. The molecular formula is C21H17NO3. The maximum atomic E-state index is 12.4. The molecule has 4 nitrogen and oxygen atoms in total. The summed E-state index contributed by atoms with van der Waals surface area (Å²) in [7, 11) is 0. The highest BCUT2D eigenvalue weighted by molar-refractivity contribution is 6.08. The van der Waals surface area contributed by atoms with Crippen molar-refractivity contribution in [2.75, 3.05) is 0 Å². The van der Waals surface area contributed by atoms with Crippen molar-refractivity contribution in [1.29, 1.82) is 5.26 Å². The van der Waals surface area contributed by atoms with Crippen LogP contribution < -0.4 is 0 Å². The van der Waals surface area contributed by atoms with E-state index in [0.29, 0.717) is 12.0 Å². The van der Waals surface area contributed by atoms with Gasteiger partial charge in [0.05, 0.1) is 0 Å². The van der Waals surface area contributed by atoms with Gasteiger partial charge in [-0.25, -0.2) is 4.79 Å². The number of cyclic esters (lactones) is 1. The van der Waals surface area contributed by atoms with Gasteiger partial charge in [-0.05, 0) is 12.5 Å². The van der Waals surface area contributed by atoms with E-state index in [9.17, 15) is 14.9 Å². The molecule has 1 aliphatic rings. The summed E-state index contributed by atoms with van der Waals surface area (Å²) in [5.74, 6) is -0.641. The number of carbonyl (C=O) groups excluding carboxylic acids is 2. The average molecular weight is 331 g/mol. The Morgan fingerprint density at radius 1 is 1.08 bits per heavy atom. The van der Waals surface area contributed by atoms with Crippen LogP contribution in [0.4, 0.5) is 0 Å². The number of benzene rings is 2.